The largest absolute Gasteiger partial charge is 0.313 e. The van der Waals surface area contributed by atoms with Crippen molar-refractivity contribution in [1.82, 2.24) is 10.2 Å². The lowest BCUT2D eigenvalue weighted by atomic mass is 10.0. The maximum Gasteiger partial charge on any atom is 0.0107 e. The highest BCUT2D eigenvalue weighted by Gasteiger charge is 2.17. The van der Waals surface area contributed by atoms with E-state index in [0.29, 0.717) is 0 Å². The fourth-order valence-electron chi connectivity index (χ4n) is 3.45. The minimum absolute atomic E-state index is 0.773. The molecule has 0 bridgehead atoms. The molecule has 0 aromatic carbocycles. The lowest BCUT2D eigenvalue weighted by Gasteiger charge is -2.20. The van der Waals surface area contributed by atoms with E-state index >= 15 is 0 Å². The van der Waals surface area contributed by atoms with Gasteiger partial charge in [0.25, 0.3) is 0 Å². The van der Waals surface area contributed by atoms with Crippen molar-refractivity contribution in [2.24, 2.45) is 5.92 Å². The SMILES string of the molecule is CCC1CCN(CCCC2CCCC2)CCN1. The van der Waals surface area contributed by atoms with Gasteiger partial charge in [-0.2, -0.15) is 0 Å². The second-order valence-electron chi connectivity index (χ2n) is 5.98. The Morgan fingerprint density at radius 3 is 2.71 bits per heavy atom. The molecule has 0 amide bonds. The Morgan fingerprint density at radius 2 is 1.94 bits per heavy atom. The van der Waals surface area contributed by atoms with Crippen molar-refractivity contribution in [2.75, 3.05) is 26.2 Å². The monoisotopic (exact) mass is 238 g/mol. The third-order valence-electron chi connectivity index (χ3n) is 4.71. The van der Waals surface area contributed by atoms with Gasteiger partial charge < -0.3 is 10.2 Å². The Hall–Kier alpha value is -0.0800. The molecular weight excluding hydrogens is 208 g/mol. The van der Waals surface area contributed by atoms with E-state index in [2.05, 4.69) is 17.1 Å². The second-order valence-corrected chi connectivity index (χ2v) is 5.98. The number of rotatable bonds is 5. The maximum atomic E-state index is 3.65. The number of hydrogen-bond donors (Lipinski definition) is 1. The number of nitrogens with one attached hydrogen (secondary N) is 1. The molecular formula is C15H30N2. The summed E-state index contributed by atoms with van der Waals surface area (Å²) in [6.45, 7) is 7.42. The van der Waals surface area contributed by atoms with Crippen LogP contribution in [0.2, 0.25) is 0 Å². The summed E-state index contributed by atoms with van der Waals surface area (Å²) in [5.74, 6) is 1.07. The molecule has 1 atom stereocenters. The van der Waals surface area contributed by atoms with Crippen LogP contribution in [0.15, 0.2) is 0 Å². The molecule has 2 fully saturated rings. The number of hydrogen-bond acceptors (Lipinski definition) is 2. The fourth-order valence-corrected chi connectivity index (χ4v) is 3.45. The molecule has 17 heavy (non-hydrogen) atoms. The summed E-state index contributed by atoms with van der Waals surface area (Å²) in [4.78, 5) is 2.68. The van der Waals surface area contributed by atoms with Crippen LogP contribution in [0, 0.1) is 5.92 Å². The van der Waals surface area contributed by atoms with Crippen molar-refractivity contribution in [3.05, 3.63) is 0 Å². The van der Waals surface area contributed by atoms with Crippen molar-refractivity contribution < 1.29 is 0 Å². The van der Waals surface area contributed by atoms with Gasteiger partial charge in [0.15, 0.2) is 0 Å². The van der Waals surface area contributed by atoms with E-state index in [1.807, 2.05) is 0 Å². The molecule has 1 unspecified atom stereocenters. The van der Waals surface area contributed by atoms with Gasteiger partial charge >= 0.3 is 0 Å². The first-order chi connectivity index (χ1) is 8.38. The highest BCUT2D eigenvalue weighted by molar-refractivity contribution is 4.74. The summed E-state index contributed by atoms with van der Waals surface area (Å²) >= 11 is 0. The summed E-state index contributed by atoms with van der Waals surface area (Å²) in [6, 6.07) is 0.773. The van der Waals surface area contributed by atoms with Crippen LogP contribution in [0.5, 0.6) is 0 Å². The Kier molecular flexibility index (Phi) is 5.79. The van der Waals surface area contributed by atoms with Crippen LogP contribution in [-0.2, 0) is 0 Å². The quantitative estimate of drug-likeness (QED) is 0.792. The average Bonchev–Trinajstić information content (AvgIpc) is 2.75. The zero-order chi connectivity index (χ0) is 11.9. The smallest absolute Gasteiger partial charge is 0.0107 e. The van der Waals surface area contributed by atoms with E-state index in [9.17, 15) is 0 Å². The minimum Gasteiger partial charge on any atom is -0.313 e. The van der Waals surface area contributed by atoms with Gasteiger partial charge in [-0.15, -0.1) is 0 Å². The Morgan fingerprint density at radius 1 is 1.12 bits per heavy atom. The molecule has 2 aliphatic rings. The third kappa shape index (κ3) is 4.59. The standard InChI is InChI=1S/C15H30N2/c1-2-15-9-12-17(13-10-16-15)11-5-8-14-6-3-4-7-14/h14-16H,2-13H2,1H3. The van der Waals surface area contributed by atoms with Crippen molar-refractivity contribution in [1.29, 1.82) is 0 Å². The highest BCUT2D eigenvalue weighted by Crippen LogP contribution is 2.28. The molecule has 0 spiro atoms. The summed E-state index contributed by atoms with van der Waals surface area (Å²) in [5, 5.41) is 3.65. The van der Waals surface area contributed by atoms with Crippen LogP contribution < -0.4 is 5.32 Å². The van der Waals surface area contributed by atoms with Gasteiger partial charge in [-0.1, -0.05) is 32.6 Å². The molecule has 0 radical (unpaired) electrons. The topological polar surface area (TPSA) is 15.3 Å². The van der Waals surface area contributed by atoms with Crippen molar-refractivity contribution in [3.8, 4) is 0 Å². The lowest BCUT2D eigenvalue weighted by molar-refractivity contribution is 0.274. The van der Waals surface area contributed by atoms with Crippen molar-refractivity contribution >= 4 is 0 Å². The molecule has 2 nitrogen and oxygen atoms in total. The highest BCUT2D eigenvalue weighted by atomic mass is 15.2. The zero-order valence-electron chi connectivity index (χ0n) is 11.6. The predicted molar refractivity (Wildman–Crippen MR) is 74.3 cm³/mol. The molecule has 1 saturated carbocycles. The van der Waals surface area contributed by atoms with Crippen LogP contribution in [0.3, 0.4) is 0 Å². The summed E-state index contributed by atoms with van der Waals surface area (Å²) < 4.78 is 0. The molecule has 1 aliphatic carbocycles. The average molecular weight is 238 g/mol. The molecule has 1 aliphatic heterocycles. The number of nitrogens with zero attached hydrogens (tertiary/aromatic N) is 1. The Bertz CT molecular complexity index is 199. The van der Waals surface area contributed by atoms with E-state index < -0.39 is 0 Å². The van der Waals surface area contributed by atoms with Gasteiger partial charge in [0.05, 0.1) is 0 Å². The van der Waals surface area contributed by atoms with Gasteiger partial charge in [0, 0.05) is 19.1 Å². The van der Waals surface area contributed by atoms with Gasteiger partial charge in [0.1, 0.15) is 0 Å². The first-order valence-electron chi connectivity index (χ1n) is 7.84. The Balaban J connectivity index is 1.58. The van der Waals surface area contributed by atoms with E-state index in [1.54, 1.807) is 0 Å². The summed E-state index contributed by atoms with van der Waals surface area (Å²) in [6.07, 6.45) is 11.6. The fraction of sp³-hybridized carbons (Fsp3) is 1.00. The normalized spacial score (nSPS) is 28.4. The predicted octanol–water partition coefficient (Wildman–Crippen LogP) is 3.03. The van der Waals surface area contributed by atoms with Gasteiger partial charge in [-0.3, -0.25) is 0 Å². The molecule has 0 aromatic heterocycles. The minimum atomic E-state index is 0.773. The second kappa shape index (κ2) is 7.38. The molecule has 2 rings (SSSR count). The molecule has 100 valence electrons. The van der Waals surface area contributed by atoms with Crippen molar-refractivity contribution in [3.63, 3.8) is 0 Å². The summed E-state index contributed by atoms with van der Waals surface area (Å²) in [7, 11) is 0. The molecule has 1 N–H and O–H groups in total. The van der Waals surface area contributed by atoms with Gasteiger partial charge in [-0.25, -0.2) is 0 Å². The van der Waals surface area contributed by atoms with Crippen LogP contribution in [0.25, 0.3) is 0 Å². The van der Waals surface area contributed by atoms with Crippen LogP contribution >= 0.6 is 0 Å². The van der Waals surface area contributed by atoms with E-state index in [4.69, 9.17) is 0 Å². The van der Waals surface area contributed by atoms with E-state index in [0.717, 1.165) is 12.0 Å². The van der Waals surface area contributed by atoms with Gasteiger partial charge in [-0.05, 0) is 44.7 Å². The van der Waals surface area contributed by atoms with Crippen molar-refractivity contribution in [2.45, 2.75) is 64.3 Å². The molecule has 2 heteroatoms. The Labute approximate surface area is 107 Å². The first-order valence-corrected chi connectivity index (χ1v) is 7.84. The maximum absolute atomic E-state index is 3.65. The van der Waals surface area contributed by atoms with Crippen LogP contribution in [0.4, 0.5) is 0 Å². The molecule has 1 heterocycles. The molecule has 1 saturated heterocycles. The van der Waals surface area contributed by atoms with Crippen LogP contribution in [-0.4, -0.2) is 37.1 Å². The lowest BCUT2D eigenvalue weighted by Crippen LogP contribution is -2.30. The third-order valence-corrected chi connectivity index (χ3v) is 4.71. The van der Waals surface area contributed by atoms with Crippen LogP contribution in [0.1, 0.15) is 58.3 Å². The van der Waals surface area contributed by atoms with E-state index in [-0.39, 0.29) is 0 Å². The van der Waals surface area contributed by atoms with E-state index in [1.165, 1.54) is 77.5 Å². The summed E-state index contributed by atoms with van der Waals surface area (Å²) in [5.41, 5.74) is 0. The molecule has 0 aromatic rings. The first kappa shape index (κ1) is 13.4. The zero-order valence-corrected chi connectivity index (χ0v) is 11.6. The van der Waals surface area contributed by atoms with Gasteiger partial charge in [0.2, 0.25) is 0 Å².